The average Bonchev–Trinajstić information content (AvgIpc) is 2.35. The zero-order valence-corrected chi connectivity index (χ0v) is 11.4. The van der Waals surface area contributed by atoms with E-state index in [2.05, 4.69) is 11.4 Å². The van der Waals surface area contributed by atoms with Crippen LogP contribution in [-0.2, 0) is 0 Å². The number of hydrogen-bond donors (Lipinski definition) is 2. The Morgan fingerprint density at radius 2 is 2.22 bits per heavy atom. The van der Waals surface area contributed by atoms with Gasteiger partial charge in [0, 0.05) is 17.8 Å². The van der Waals surface area contributed by atoms with Gasteiger partial charge in [0.2, 0.25) is 0 Å². The molecule has 1 aliphatic heterocycles. The first kappa shape index (κ1) is 13.2. The molecule has 1 aliphatic rings. The van der Waals surface area contributed by atoms with Crippen molar-refractivity contribution in [1.29, 1.82) is 0 Å². The number of ether oxygens (including phenoxy) is 1. The molecular formula is C14H18ClNO2. The van der Waals surface area contributed by atoms with Crippen LogP contribution in [0.15, 0.2) is 24.3 Å². The number of aliphatic hydroxyl groups is 1. The Hall–Kier alpha value is -1.19. The van der Waals surface area contributed by atoms with Gasteiger partial charge >= 0.3 is 0 Å². The second kappa shape index (κ2) is 5.21. The average molecular weight is 268 g/mol. The van der Waals surface area contributed by atoms with E-state index < -0.39 is 6.10 Å². The van der Waals surface area contributed by atoms with Crippen molar-refractivity contribution in [2.45, 2.75) is 25.6 Å². The molecule has 2 rings (SSSR count). The molecule has 0 radical (unpaired) electrons. The number of alkyl halides is 1. The summed E-state index contributed by atoms with van der Waals surface area (Å²) in [6.07, 6.45) is 3.56. The van der Waals surface area contributed by atoms with E-state index in [1.54, 1.807) is 0 Å². The molecule has 0 bridgehead atoms. The maximum Gasteiger partial charge on any atom is 0.127 e. The van der Waals surface area contributed by atoms with Gasteiger partial charge in [0.15, 0.2) is 0 Å². The summed E-state index contributed by atoms with van der Waals surface area (Å²) in [4.78, 5) is 0. The molecule has 3 nitrogen and oxygen atoms in total. The molecule has 2 N–H and O–H groups in total. The molecule has 1 aromatic carbocycles. The zero-order valence-electron chi connectivity index (χ0n) is 10.6. The van der Waals surface area contributed by atoms with Crippen molar-refractivity contribution in [3.63, 3.8) is 0 Å². The lowest BCUT2D eigenvalue weighted by molar-refractivity contribution is 0.159. The maximum absolute atomic E-state index is 9.39. The van der Waals surface area contributed by atoms with Gasteiger partial charge in [-0.05, 0) is 38.1 Å². The Morgan fingerprint density at radius 1 is 1.44 bits per heavy atom. The van der Waals surface area contributed by atoms with Gasteiger partial charge in [-0.1, -0.05) is 6.08 Å². The number of benzene rings is 1. The van der Waals surface area contributed by atoms with Crippen LogP contribution in [0.2, 0.25) is 0 Å². The van der Waals surface area contributed by atoms with E-state index in [4.69, 9.17) is 16.3 Å². The monoisotopic (exact) mass is 267 g/mol. The van der Waals surface area contributed by atoms with Crippen LogP contribution in [0.4, 0.5) is 5.69 Å². The minimum Gasteiger partial charge on any atom is -0.483 e. The van der Waals surface area contributed by atoms with Crippen LogP contribution in [-0.4, -0.2) is 29.2 Å². The number of aliphatic hydroxyl groups excluding tert-OH is 1. The molecule has 18 heavy (non-hydrogen) atoms. The summed E-state index contributed by atoms with van der Waals surface area (Å²) < 4.78 is 5.84. The van der Waals surface area contributed by atoms with Crippen molar-refractivity contribution < 1.29 is 9.84 Å². The summed E-state index contributed by atoms with van der Waals surface area (Å²) in [6.45, 7) is 4.49. The highest BCUT2D eigenvalue weighted by atomic mass is 35.5. The van der Waals surface area contributed by atoms with E-state index in [1.807, 2.05) is 38.1 Å². The van der Waals surface area contributed by atoms with Gasteiger partial charge in [-0.2, -0.15) is 0 Å². The highest BCUT2D eigenvalue weighted by Crippen LogP contribution is 2.32. The molecule has 0 aliphatic carbocycles. The second-order valence-electron chi connectivity index (χ2n) is 4.98. The van der Waals surface area contributed by atoms with Crippen LogP contribution >= 0.6 is 11.6 Å². The van der Waals surface area contributed by atoms with E-state index in [1.165, 1.54) is 0 Å². The van der Waals surface area contributed by atoms with E-state index >= 15 is 0 Å². The standard InChI is InChI=1S/C14H18ClNO2/c1-14(2)6-5-10-7-11(3-4-13(10)18-14)16-9-12(17)8-15/h3-7,12,16-17H,8-9H2,1-2H3. The first-order chi connectivity index (χ1) is 8.50. The summed E-state index contributed by atoms with van der Waals surface area (Å²) in [5.41, 5.74) is 1.74. The summed E-state index contributed by atoms with van der Waals surface area (Å²) in [5, 5.41) is 12.5. The Labute approximate surface area is 112 Å². The largest absolute Gasteiger partial charge is 0.483 e. The highest BCUT2D eigenvalue weighted by Gasteiger charge is 2.21. The van der Waals surface area contributed by atoms with Gasteiger partial charge in [0.25, 0.3) is 0 Å². The predicted molar refractivity (Wildman–Crippen MR) is 75.4 cm³/mol. The first-order valence-electron chi connectivity index (χ1n) is 6.00. The lowest BCUT2D eigenvalue weighted by Gasteiger charge is -2.28. The van der Waals surface area contributed by atoms with E-state index in [9.17, 15) is 5.11 Å². The van der Waals surface area contributed by atoms with Crippen LogP contribution < -0.4 is 10.1 Å². The predicted octanol–water partition coefficient (Wildman–Crippen LogP) is 2.88. The Balaban J connectivity index is 2.09. The van der Waals surface area contributed by atoms with Gasteiger partial charge in [-0.25, -0.2) is 0 Å². The van der Waals surface area contributed by atoms with Crippen molar-refractivity contribution in [2.75, 3.05) is 17.7 Å². The molecule has 0 aromatic heterocycles. The molecule has 0 spiro atoms. The molecule has 1 unspecified atom stereocenters. The van der Waals surface area contributed by atoms with E-state index in [-0.39, 0.29) is 11.5 Å². The fraction of sp³-hybridized carbons (Fsp3) is 0.429. The first-order valence-corrected chi connectivity index (χ1v) is 6.54. The Bertz CT molecular complexity index is 457. The van der Waals surface area contributed by atoms with Gasteiger partial charge in [-0.3, -0.25) is 0 Å². The summed E-state index contributed by atoms with van der Waals surface area (Å²) in [6, 6.07) is 5.88. The lowest BCUT2D eigenvalue weighted by atomic mass is 10.0. The number of halogens is 1. The quantitative estimate of drug-likeness (QED) is 0.825. The van der Waals surface area contributed by atoms with Crippen LogP contribution in [0.5, 0.6) is 5.75 Å². The Morgan fingerprint density at radius 3 is 2.94 bits per heavy atom. The van der Waals surface area contributed by atoms with Gasteiger partial charge in [0.1, 0.15) is 11.4 Å². The third-order valence-corrected chi connectivity index (χ3v) is 3.12. The lowest BCUT2D eigenvalue weighted by Crippen LogP contribution is -2.27. The van der Waals surface area contributed by atoms with Crippen molar-refractivity contribution in [2.24, 2.45) is 0 Å². The molecule has 1 heterocycles. The fourth-order valence-electron chi connectivity index (χ4n) is 1.78. The minimum atomic E-state index is -0.534. The van der Waals surface area contributed by atoms with Crippen molar-refractivity contribution in [1.82, 2.24) is 0 Å². The SMILES string of the molecule is CC1(C)C=Cc2cc(NCC(O)CCl)ccc2O1. The third-order valence-electron chi connectivity index (χ3n) is 2.77. The summed E-state index contributed by atoms with van der Waals surface area (Å²) in [7, 11) is 0. The Kier molecular flexibility index (Phi) is 3.83. The number of hydrogen-bond acceptors (Lipinski definition) is 3. The molecule has 98 valence electrons. The number of nitrogens with one attached hydrogen (secondary N) is 1. The normalized spacial score (nSPS) is 17.8. The molecule has 0 saturated heterocycles. The van der Waals surface area contributed by atoms with Gasteiger partial charge in [-0.15, -0.1) is 11.6 Å². The van der Waals surface area contributed by atoms with E-state index in [0.717, 1.165) is 17.0 Å². The van der Waals surface area contributed by atoms with Crippen LogP contribution in [0, 0.1) is 0 Å². The fourth-order valence-corrected chi connectivity index (χ4v) is 1.89. The van der Waals surface area contributed by atoms with Crippen LogP contribution in [0.25, 0.3) is 6.08 Å². The zero-order chi connectivity index (χ0) is 13.2. The summed E-state index contributed by atoms with van der Waals surface area (Å²) >= 11 is 5.54. The molecule has 0 saturated carbocycles. The number of anilines is 1. The smallest absolute Gasteiger partial charge is 0.127 e. The second-order valence-corrected chi connectivity index (χ2v) is 5.29. The number of fused-ring (bicyclic) bond motifs is 1. The molecule has 0 fully saturated rings. The van der Waals surface area contributed by atoms with Crippen LogP contribution in [0.3, 0.4) is 0 Å². The molecule has 4 heteroatoms. The molecule has 0 amide bonds. The van der Waals surface area contributed by atoms with Gasteiger partial charge in [0.05, 0.1) is 12.0 Å². The number of rotatable bonds is 4. The summed E-state index contributed by atoms with van der Waals surface area (Å²) in [5.74, 6) is 1.11. The van der Waals surface area contributed by atoms with Gasteiger partial charge < -0.3 is 15.2 Å². The minimum absolute atomic E-state index is 0.231. The van der Waals surface area contributed by atoms with Crippen LogP contribution in [0.1, 0.15) is 19.4 Å². The van der Waals surface area contributed by atoms with Crippen molar-refractivity contribution in [3.05, 3.63) is 29.8 Å². The topological polar surface area (TPSA) is 41.5 Å². The van der Waals surface area contributed by atoms with E-state index in [0.29, 0.717) is 6.54 Å². The van der Waals surface area contributed by atoms with Crippen molar-refractivity contribution in [3.8, 4) is 5.75 Å². The highest BCUT2D eigenvalue weighted by molar-refractivity contribution is 6.18. The van der Waals surface area contributed by atoms with Crippen molar-refractivity contribution >= 4 is 23.4 Å². The molecule has 1 aromatic rings. The maximum atomic E-state index is 9.39. The third kappa shape index (κ3) is 3.18. The molecular weight excluding hydrogens is 250 g/mol. The molecule has 1 atom stereocenters.